The smallest absolute Gasteiger partial charge is 0.263 e. The molecule has 140 valence electrons. The van der Waals surface area contributed by atoms with Crippen LogP contribution in [0.15, 0.2) is 41.3 Å². The first-order valence-corrected chi connectivity index (χ1v) is 8.84. The third-order valence-corrected chi connectivity index (χ3v) is 4.30. The molecule has 0 aliphatic carbocycles. The molecule has 1 heterocycles. The Labute approximate surface area is 153 Å². The summed E-state index contributed by atoms with van der Waals surface area (Å²) in [6.07, 6.45) is 4.88. The highest BCUT2D eigenvalue weighted by molar-refractivity contribution is 5.93. The van der Waals surface area contributed by atoms with Gasteiger partial charge in [0.05, 0.1) is 6.61 Å². The molecule has 3 N–H and O–H groups in total. The molecule has 0 bridgehead atoms. The number of aliphatic hydroxyl groups is 2. The zero-order valence-corrected chi connectivity index (χ0v) is 15.1. The Morgan fingerprint density at radius 1 is 1.08 bits per heavy atom. The van der Waals surface area contributed by atoms with Gasteiger partial charge < -0.3 is 20.1 Å². The fourth-order valence-corrected chi connectivity index (χ4v) is 2.88. The molecular weight excluding hydrogens is 332 g/mol. The summed E-state index contributed by atoms with van der Waals surface area (Å²) in [5.74, 6) is -0.454. The number of nitrogens with one attached hydrogen (secondary N) is 1. The quantitative estimate of drug-likeness (QED) is 0.589. The van der Waals surface area contributed by atoms with Gasteiger partial charge in [-0.15, -0.1) is 0 Å². The first-order chi connectivity index (χ1) is 12.6. The highest BCUT2D eigenvalue weighted by Gasteiger charge is 2.13. The van der Waals surface area contributed by atoms with Gasteiger partial charge in [-0.25, -0.2) is 0 Å². The van der Waals surface area contributed by atoms with Gasteiger partial charge in [-0.3, -0.25) is 9.59 Å². The largest absolute Gasteiger partial charge is 0.396 e. The van der Waals surface area contributed by atoms with Gasteiger partial charge in [0.15, 0.2) is 0 Å². The standard InChI is InChI=1S/C20H26N2O4/c1-21-19(25)18-12-17(14-24)13-22(20(18)26)9-8-16-7-4-6-15(11-16)5-2-3-10-23/h4,6-7,11-13,23-24H,2-3,5,8-10,14H2,1H3,(H,21,25). The summed E-state index contributed by atoms with van der Waals surface area (Å²) >= 11 is 0. The Hall–Kier alpha value is -2.44. The number of aryl methyl sites for hydroxylation is 3. The molecule has 6 heteroatoms. The Bertz CT molecular complexity index is 799. The number of nitrogens with zero attached hydrogens (tertiary/aromatic N) is 1. The van der Waals surface area contributed by atoms with E-state index in [-0.39, 0.29) is 24.3 Å². The molecule has 1 aromatic heterocycles. The van der Waals surface area contributed by atoms with E-state index in [9.17, 15) is 14.7 Å². The first-order valence-electron chi connectivity index (χ1n) is 8.84. The van der Waals surface area contributed by atoms with Crippen LogP contribution < -0.4 is 10.9 Å². The summed E-state index contributed by atoms with van der Waals surface area (Å²) in [4.78, 5) is 24.4. The van der Waals surface area contributed by atoms with Crippen molar-refractivity contribution in [1.29, 1.82) is 0 Å². The Morgan fingerprint density at radius 2 is 1.81 bits per heavy atom. The van der Waals surface area contributed by atoms with Crippen LogP contribution in [0, 0.1) is 0 Å². The van der Waals surface area contributed by atoms with Gasteiger partial charge in [0.25, 0.3) is 11.5 Å². The summed E-state index contributed by atoms with van der Waals surface area (Å²) in [6.45, 7) is 0.402. The summed E-state index contributed by atoms with van der Waals surface area (Å²) in [5.41, 5.74) is 2.52. The van der Waals surface area contributed by atoms with Crippen LogP contribution in [0.25, 0.3) is 0 Å². The minimum Gasteiger partial charge on any atom is -0.396 e. The molecule has 1 amide bonds. The van der Waals surface area contributed by atoms with Crippen LogP contribution in [0.3, 0.4) is 0 Å². The monoisotopic (exact) mass is 358 g/mol. The van der Waals surface area contributed by atoms with Gasteiger partial charge in [0.2, 0.25) is 0 Å². The van der Waals surface area contributed by atoms with Crippen molar-refractivity contribution in [3.8, 4) is 0 Å². The highest BCUT2D eigenvalue weighted by Crippen LogP contribution is 2.10. The second kappa shape index (κ2) is 9.89. The number of amides is 1. The van der Waals surface area contributed by atoms with Crippen LogP contribution in [0.1, 0.15) is 39.9 Å². The molecule has 2 rings (SSSR count). The van der Waals surface area contributed by atoms with Crippen molar-refractivity contribution >= 4 is 5.91 Å². The fraction of sp³-hybridized carbons (Fsp3) is 0.400. The maximum absolute atomic E-state index is 12.5. The molecule has 26 heavy (non-hydrogen) atoms. The number of carbonyl (C=O) groups is 1. The van der Waals surface area contributed by atoms with E-state index in [2.05, 4.69) is 17.4 Å². The summed E-state index contributed by atoms with van der Waals surface area (Å²) in [7, 11) is 1.47. The molecular formula is C20H26N2O4. The fourth-order valence-electron chi connectivity index (χ4n) is 2.88. The van der Waals surface area contributed by atoms with Gasteiger partial charge in [-0.1, -0.05) is 24.3 Å². The Morgan fingerprint density at radius 3 is 2.46 bits per heavy atom. The minimum absolute atomic E-state index is 0.0387. The number of aliphatic hydroxyl groups excluding tert-OH is 2. The Balaban J connectivity index is 2.15. The van der Waals surface area contributed by atoms with Crippen molar-refractivity contribution in [3.05, 3.63) is 69.1 Å². The number of benzene rings is 1. The van der Waals surface area contributed by atoms with E-state index in [0.717, 1.165) is 24.8 Å². The molecule has 0 saturated heterocycles. The van der Waals surface area contributed by atoms with Gasteiger partial charge >= 0.3 is 0 Å². The van der Waals surface area contributed by atoms with E-state index in [1.165, 1.54) is 23.2 Å². The van der Waals surface area contributed by atoms with E-state index < -0.39 is 5.91 Å². The average Bonchev–Trinajstić information content (AvgIpc) is 2.67. The van der Waals surface area contributed by atoms with Crippen molar-refractivity contribution in [2.45, 2.75) is 38.8 Å². The number of pyridine rings is 1. The summed E-state index contributed by atoms with van der Waals surface area (Å²) < 4.78 is 1.48. The van der Waals surface area contributed by atoms with E-state index in [1.54, 1.807) is 6.20 Å². The zero-order chi connectivity index (χ0) is 18.9. The topological polar surface area (TPSA) is 91.6 Å². The van der Waals surface area contributed by atoms with Gasteiger partial charge in [-0.2, -0.15) is 0 Å². The lowest BCUT2D eigenvalue weighted by Crippen LogP contribution is -2.32. The van der Waals surface area contributed by atoms with E-state index >= 15 is 0 Å². The Kier molecular flexibility index (Phi) is 7.56. The van der Waals surface area contributed by atoms with Crippen molar-refractivity contribution in [1.82, 2.24) is 9.88 Å². The van der Waals surface area contributed by atoms with E-state index in [1.807, 2.05) is 12.1 Å². The predicted octanol–water partition coefficient (Wildman–Crippen LogP) is 1.26. The van der Waals surface area contributed by atoms with Crippen LogP contribution >= 0.6 is 0 Å². The maximum Gasteiger partial charge on any atom is 0.263 e. The SMILES string of the molecule is CNC(=O)c1cc(CO)cn(CCc2cccc(CCCCO)c2)c1=O. The number of carbonyl (C=O) groups excluding carboxylic acids is 1. The van der Waals surface area contributed by atoms with Crippen molar-refractivity contribution in [2.75, 3.05) is 13.7 Å². The molecule has 0 atom stereocenters. The van der Waals surface area contributed by atoms with Crippen molar-refractivity contribution in [2.24, 2.45) is 0 Å². The van der Waals surface area contributed by atoms with Crippen molar-refractivity contribution < 1.29 is 15.0 Å². The number of hydrogen-bond acceptors (Lipinski definition) is 4. The van der Waals surface area contributed by atoms with E-state index in [0.29, 0.717) is 18.5 Å². The van der Waals surface area contributed by atoms with Crippen LogP contribution in [-0.2, 0) is 26.0 Å². The molecule has 0 radical (unpaired) electrons. The van der Waals surface area contributed by atoms with Crippen LogP contribution in [0.2, 0.25) is 0 Å². The minimum atomic E-state index is -0.454. The van der Waals surface area contributed by atoms with Gasteiger partial charge in [0, 0.05) is 26.4 Å². The van der Waals surface area contributed by atoms with Crippen LogP contribution in [-0.4, -0.2) is 34.3 Å². The molecule has 0 aliphatic rings. The number of hydrogen-bond donors (Lipinski definition) is 3. The number of rotatable bonds is 9. The van der Waals surface area contributed by atoms with E-state index in [4.69, 9.17) is 5.11 Å². The highest BCUT2D eigenvalue weighted by atomic mass is 16.3. The molecule has 1 aromatic carbocycles. The average molecular weight is 358 g/mol. The zero-order valence-electron chi connectivity index (χ0n) is 15.1. The molecule has 0 aliphatic heterocycles. The lowest BCUT2D eigenvalue weighted by atomic mass is 10.0. The number of unbranched alkanes of at least 4 members (excludes halogenated alkanes) is 1. The summed E-state index contributed by atoms with van der Waals surface area (Å²) in [6, 6.07) is 9.60. The molecule has 0 unspecified atom stereocenters. The lowest BCUT2D eigenvalue weighted by Gasteiger charge is -2.11. The molecule has 0 saturated carbocycles. The number of aromatic nitrogens is 1. The molecule has 0 fully saturated rings. The third-order valence-electron chi connectivity index (χ3n) is 4.30. The molecule has 0 spiro atoms. The molecule has 2 aromatic rings. The maximum atomic E-state index is 12.5. The third kappa shape index (κ3) is 5.28. The summed E-state index contributed by atoms with van der Waals surface area (Å²) in [5, 5.41) is 20.7. The second-order valence-electron chi connectivity index (χ2n) is 6.25. The van der Waals surface area contributed by atoms with Crippen LogP contribution in [0.4, 0.5) is 0 Å². The predicted molar refractivity (Wildman–Crippen MR) is 100 cm³/mol. The van der Waals surface area contributed by atoms with Gasteiger partial charge in [0.1, 0.15) is 5.56 Å². The second-order valence-corrected chi connectivity index (χ2v) is 6.25. The van der Waals surface area contributed by atoms with Crippen molar-refractivity contribution in [3.63, 3.8) is 0 Å². The lowest BCUT2D eigenvalue weighted by molar-refractivity contribution is 0.0960. The molecule has 6 nitrogen and oxygen atoms in total. The van der Waals surface area contributed by atoms with Gasteiger partial charge in [-0.05, 0) is 48.4 Å². The first kappa shape index (κ1) is 19.9. The van der Waals surface area contributed by atoms with Crippen LogP contribution in [0.5, 0.6) is 0 Å². The normalized spacial score (nSPS) is 10.7.